The van der Waals surface area contributed by atoms with E-state index < -0.39 is 65.0 Å². The highest BCUT2D eigenvalue weighted by Crippen LogP contribution is 2.41. The van der Waals surface area contributed by atoms with Gasteiger partial charge >= 0.3 is 18.0 Å². The molecule has 0 radical (unpaired) electrons. The van der Waals surface area contributed by atoms with Gasteiger partial charge in [0.2, 0.25) is 11.8 Å². The number of alkyl halides is 2. The van der Waals surface area contributed by atoms with Crippen LogP contribution in [0.5, 0.6) is 5.88 Å². The fourth-order valence-corrected chi connectivity index (χ4v) is 6.02. The molecule has 2 amide bonds. The monoisotopic (exact) mass is 662 g/mol. The molecule has 1 aliphatic carbocycles. The second kappa shape index (κ2) is 12.9. The molecule has 1 aromatic carbocycles. The van der Waals surface area contributed by atoms with Gasteiger partial charge in [0.1, 0.15) is 24.3 Å². The number of allylic oxidation sites excluding steroid dienone is 2. The molecule has 3 aliphatic rings. The molecule has 0 spiro atoms. The largest absolute Gasteiger partial charge is 0.471 e. The Balaban J connectivity index is 1.59. The van der Waals surface area contributed by atoms with Gasteiger partial charge in [0, 0.05) is 10.9 Å². The molecule has 2 aromatic rings. The van der Waals surface area contributed by atoms with Crippen molar-refractivity contribution in [2.45, 2.75) is 91.0 Å². The summed E-state index contributed by atoms with van der Waals surface area (Å²) >= 11 is 6.17. The van der Waals surface area contributed by atoms with Crippen LogP contribution in [0.4, 0.5) is 13.6 Å². The molecule has 2 aliphatic heterocycles. The summed E-state index contributed by atoms with van der Waals surface area (Å²) in [5, 5.41) is 3.07. The number of esters is 1. The maximum absolute atomic E-state index is 15.8. The Morgan fingerprint density at radius 3 is 2.61 bits per heavy atom. The predicted molar refractivity (Wildman–Crippen MR) is 166 cm³/mol. The summed E-state index contributed by atoms with van der Waals surface area (Å²) in [6.45, 7) is 10.8. The predicted octanol–water partition coefficient (Wildman–Crippen LogP) is 6.05. The SMILES string of the molecule is CC(C)COC(=O)C1C(C)C2CN1C(=O)C(C(C)(C)C)NC(=O)OC1CC1CCC=CC(F)(F)c1nc3ccc(Cl)cc3nc1O2. The molecular formula is C33H41ClF2N4O6. The number of amides is 2. The van der Waals surface area contributed by atoms with Crippen molar-refractivity contribution in [3.8, 4) is 5.88 Å². The van der Waals surface area contributed by atoms with Crippen molar-refractivity contribution in [3.63, 3.8) is 0 Å². The smallest absolute Gasteiger partial charge is 0.408 e. The van der Waals surface area contributed by atoms with E-state index in [2.05, 4.69) is 15.3 Å². The number of carbonyl (C=O) groups excluding carboxylic acids is 3. The Morgan fingerprint density at radius 2 is 1.91 bits per heavy atom. The van der Waals surface area contributed by atoms with Gasteiger partial charge in [-0.05, 0) is 60.8 Å². The average Bonchev–Trinajstić information content (AvgIpc) is 3.62. The molecule has 2 bridgehead atoms. The van der Waals surface area contributed by atoms with Crippen LogP contribution < -0.4 is 10.1 Å². The van der Waals surface area contributed by atoms with E-state index in [-0.39, 0.29) is 42.1 Å². The van der Waals surface area contributed by atoms with Crippen LogP contribution in [0.2, 0.25) is 5.02 Å². The van der Waals surface area contributed by atoms with E-state index in [0.717, 1.165) is 6.08 Å². The average molecular weight is 663 g/mol. The zero-order valence-corrected chi connectivity index (χ0v) is 27.6. The number of ether oxygens (including phenoxy) is 3. The van der Waals surface area contributed by atoms with Crippen molar-refractivity contribution in [3.05, 3.63) is 41.1 Å². The van der Waals surface area contributed by atoms with E-state index in [4.69, 9.17) is 25.8 Å². The molecule has 1 saturated carbocycles. The summed E-state index contributed by atoms with van der Waals surface area (Å²) in [6, 6.07) is 2.34. The van der Waals surface area contributed by atoms with Crippen LogP contribution in [0, 0.1) is 23.2 Å². The Kier molecular flexibility index (Phi) is 9.50. The lowest BCUT2D eigenvalue weighted by Gasteiger charge is -2.35. The van der Waals surface area contributed by atoms with E-state index in [1.165, 1.54) is 29.2 Å². The van der Waals surface area contributed by atoms with Crippen LogP contribution in [0.3, 0.4) is 0 Å². The first-order valence-corrected chi connectivity index (χ1v) is 16.1. The van der Waals surface area contributed by atoms with Crippen LogP contribution in [0.1, 0.15) is 66.5 Å². The fraction of sp³-hybridized carbons (Fsp3) is 0.606. The number of halogens is 3. The van der Waals surface area contributed by atoms with E-state index in [1.54, 1.807) is 27.7 Å². The third-order valence-corrected chi connectivity index (χ3v) is 8.81. The van der Waals surface area contributed by atoms with Crippen molar-refractivity contribution in [1.82, 2.24) is 20.2 Å². The summed E-state index contributed by atoms with van der Waals surface area (Å²) in [4.78, 5) is 50.7. The summed E-state index contributed by atoms with van der Waals surface area (Å²) in [5.41, 5.74) is -1.02. The molecule has 10 nitrogen and oxygen atoms in total. The van der Waals surface area contributed by atoms with Gasteiger partial charge in [-0.2, -0.15) is 8.78 Å². The van der Waals surface area contributed by atoms with Crippen molar-refractivity contribution in [2.24, 2.45) is 23.2 Å². The second-order valence-electron chi connectivity index (χ2n) is 14.0. The Morgan fingerprint density at radius 1 is 1.17 bits per heavy atom. The third-order valence-electron chi connectivity index (χ3n) is 8.58. The van der Waals surface area contributed by atoms with Crippen molar-refractivity contribution in [2.75, 3.05) is 13.2 Å². The first-order chi connectivity index (χ1) is 21.5. The van der Waals surface area contributed by atoms with Gasteiger partial charge in [0.05, 0.1) is 24.2 Å². The molecular weight excluding hydrogens is 622 g/mol. The number of fused-ring (bicyclic) bond motifs is 5. The minimum Gasteiger partial charge on any atom is -0.471 e. The number of benzene rings is 1. The van der Waals surface area contributed by atoms with Crippen LogP contribution in [-0.2, 0) is 25.0 Å². The third kappa shape index (κ3) is 7.37. The zero-order chi connectivity index (χ0) is 33.6. The van der Waals surface area contributed by atoms with Gasteiger partial charge in [-0.1, -0.05) is 59.2 Å². The maximum Gasteiger partial charge on any atom is 0.408 e. The summed E-state index contributed by atoms with van der Waals surface area (Å²) in [7, 11) is 0. The molecule has 6 atom stereocenters. The van der Waals surface area contributed by atoms with E-state index >= 15 is 8.78 Å². The molecule has 46 heavy (non-hydrogen) atoms. The minimum atomic E-state index is -3.56. The highest BCUT2D eigenvalue weighted by molar-refractivity contribution is 6.31. The standard InChI is InChI=1S/C33H41ClF2N4O6/c1-17(2)16-44-30(42)25-18(3)24-15-40(25)29(41)27(32(4,5)6)39-31(43)46-23-13-19(23)9-7-8-12-33(35,36)26-28(45-24)38-22-14-20(34)10-11-21(22)37-26/h8,10-12,14,17-19,23-25,27H,7,9,13,15-16H2,1-6H3,(H,39,43). The van der Waals surface area contributed by atoms with E-state index in [0.29, 0.717) is 24.3 Å². The Bertz CT molecular complexity index is 1530. The molecule has 2 fully saturated rings. The topological polar surface area (TPSA) is 120 Å². The summed E-state index contributed by atoms with van der Waals surface area (Å²) in [6.07, 6.45) is 1.52. The lowest BCUT2D eigenvalue weighted by atomic mass is 9.85. The van der Waals surface area contributed by atoms with E-state index in [1.807, 2.05) is 13.8 Å². The van der Waals surface area contributed by atoms with Gasteiger partial charge in [-0.25, -0.2) is 19.6 Å². The number of carbonyl (C=O) groups is 3. The van der Waals surface area contributed by atoms with Gasteiger partial charge in [-0.3, -0.25) is 4.79 Å². The molecule has 1 aromatic heterocycles. The molecule has 1 saturated heterocycles. The number of hydrogen-bond donors (Lipinski definition) is 1. The molecule has 1 N–H and O–H groups in total. The molecule has 5 rings (SSSR count). The number of rotatable bonds is 3. The lowest BCUT2D eigenvalue weighted by molar-refractivity contribution is -0.156. The van der Waals surface area contributed by atoms with Crippen LogP contribution in [0.15, 0.2) is 30.4 Å². The first-order valence-electron chi connectivity index (χ1n) is 15.7. The molecule has 6 unspecified atom stereocenters. The lowest BCUT2D eigenvalue weighted by Crippen LogP contribution is -2.57. The summed E-state index contributed by atoms with van der Waals surface area (Å²) in [5.74, 6) is -5.87. The van der Waals surface area contributed by atoms with E-state index in [9.17, 15) is 14.4 Å². The highest BCUT2D eigenvalue weighted by Gasteiger charge is 2.52. The number of aromatic nitrogens is 2. The van der Waals surface area contributed by atoms with Gasteiger partial charge in [0.15, 0.2) is 5.69 Å². The fourth-order valence-electron chi connectivity index (χ4n) is 5.85. The first kappa shape index (κ1) is 33.8. The molecule has 3 heterocycles. The van der Waals surface area contributed by atoms with Crippen molar-refractivity contribution >= 4 is 40.6 Å². The van der Waals surface area contributed by atoms with Crippen LogP contribution >= 0.6 is 11.6 Å². The second-order valence-corrected chi connectivity index (χ2v) is 14.4. The van der Waals surface area contributed by atoms with Gasteiger partial charge in [0.25, 0.3) is 0 Å². The Hall–Kier alpha value is -3.54. The summed E-state index contributed by atoms with van der Waals surface area (Å²) < 4.78 is 49.1. The number of nitrogens with zero attached hydrogens (tertiary/aromatic N) is 3. The number of hydrogen-bond acceptors (Lipinski definition) is 8. The van der Waals surface area contributed by atoms with Crippen LogP contribution in [0.25, 0.3) is 11.0 Å². The zero-order valence-electron chi connectivity index (χ0n) is 26.9. The number of nitrogens with one attached hydrogen (secondary N) is 1. The molecule has 13 heteroatoms. The normalized spacial score (nSPS) is 28.3. The van der Waals surface area contributed by atoms with Crippen molar-refractivity contribution < 1.29 is 37.4 Å². The highest BCUT2D eigenvalue weighted by atomic mass is 35.5. The maximum atomic E-state index is 15.8. The van der Waals surface area contributed by atoms with Crippen molar-refractivity contribution in [1.29, 1.82) is 0 Å². The van der Waals surface area contributed by atoms with Crippen LogP contribution in [-0.4, -0.2) is 70.3 Å². The number of alkyl carbamates (subject to hydrolysis) is 1. The van der Waals surface area contributed by atoms with Gasteiger partial charge in [-0.15, -0.1) is 0 Å². The Labute approximate surface area is 272 Å². The molecule has 250 valence electrons. The van der Waals surface area contributed by atoms with Gasteiger partial charge < -0.3 is 24.4 Å². The minimum absolute atomic E-state index is 0.0103. The quantitative estimate of drug-likeness (QED) is 0.312.